The predicted octanol–water partition coefficient (Wildman–Crippen LogP) is 1.87. The first kappa shape index (κ1) is 7.81. The minimum absolute atomic E-state index is 0.361. The monoisotopic (exact) mass is 171 g/mol. The Labute approximate surface area is 76.2 Å². The minimum Gasteiger partial charge on any atom is -0.317 e. The summed E-state index contributed by atoms with van der Waals surface area (Å²) < 4.78 is 1.84. The molecule has 1 heterocycles. The Morgan fingerprint density at radius 2 is 2.38 bits per heavy atom. The van der Waals surface area contributed by atoms with Crippen LogP contribution in [0.1, 0.15) is 5.56 Å². The Morgan fingerprint density at radius 1 is 1.54 bits per heavy atom. The van der Waals surface area contributed by atoms with Crippen LogP contribution in [0, 0.1) is 18.3 Å². The molecule has 64 valence electrons. The second-order valence-electron chi connectivity index (χ2n) is 3.02. The van der Waals surface area contributed by atoms with E-state index in [2.05, 4.69) is 11.1 Å². The number of imidazole rings is 1. The molecule has 3 heteroatoms. The maximum Gasteiger partial charge on any atom is 0.111 e. The molecule has 0 aliphatic carbocycles. The predicted molar refractivity (Wildman–Crippen MR) is 50.1 cm³/mol. The van der Waals surface area contributed by atoms with Crippen molar-refractivity contribution in [2.75, 3.05) is 0 Å². The van der Waals surface area contributed by atoms with E-state index in [0.717, 1.165) is 11.0 Å². The third kappa shape index (κ3) is 1.27. The third-order valence-electron chi connectivity index (χ3n) is 2.02. The lowest BCUT2D eigenvalue weighted by molar-refractivity contribution is 0.860. The first-order valence-corrected chi connectivity index (χ1v) is 4.10. The van der Waals surface area contributed by atoms with Gasteiger partial charge in [0.25, 0.3) is 0 Å². The van der Waals surface area contributed by atoms with Crippen molar-refractivity contribution in [3.8, 4) is 6.07 Å². The summed E-state index contributed by atoms with van der Waals surface area (Å²) >= 11 is 0. The van der Waals surface area contributed by atoms with Gasteiger partial charge in [0.2, 0.25) is 0 Å². The van der Waals surface area contributed by atoms with Gasteiger partial charge in [-0.25, -0.2) is 4.98 Å². The molecule has 1 aromatic heterocycles. The molecule has 0 amide bonds. The Morgan fingerprint density at radius 3 is 3.15 bits per heavy atom. The van der Waals surface area contributed by atoms with Gasteiger partial charge in [0.15, 0.2) is 0 Å². The summed E-state index contributed by atoms with van der Waals surface area (Å²) in [6, 6.07) is 8.14. The lowest BCUT2D eigenvalue weighted by atomic mass is 10.2. The fourth-order valence-electron chi connectivity index (χ4n) is 1.38. The van der Waals surface area contributed by atoms with Crippen LogP contribution >= 0.6 is 0 Å². The number of hydrogen-bond donors (Lipinski definition) is 0. The molecule has 0 saturated carbocycles. The lowest BCUT2D eigenvalue weighted by Gasteiger charge is -1.96. The quantitative estimate of drug-likeness (QED) is 0.657. The number of hydrogen-bond acceptors (Lipinski definition) is 2. The average molecular weight is 171 g/mol. The molecule has 0 aliphatic heterocycles. The van der Waals surface area contributed by atoms with E-state index in [1.807, 2.05) is 29.7 Å². The molecular weight excluding hydrogens is 162 g/mol. The van der Waals surface area contributed by atoms with Gasteiger partial charge in [0.05, 0.1) is 23.4 Å². The maximum atomic E-state index is 8.55. The van der Waals surface area contributed by atoms with Crippen molar-refractivity contribution < 1.29 is 0 Å². The van der Waals surface area contributed by atoms with Crippen LogP contribution in [0.3, 0.4) is 0 Å². The highest BCUT2D eigenvalue weighted by Crippen LogP contribution is 2.13. The smallest absolute Gasteiger partial charge is 0.111 e. The Hall–Kier alpha value is -1.82. The summed E-state index contributed by atoms with van der Waals surface area (Å²) in [5.41, 5.74) is 3.16. The van der Waals surface area contributed by atoms with Crippen molar-refractivity contribution in [1.29, 1.82) is 5.26 Å². The van der Waals surface area contributed by atoms with Crippen molar-refractivity contribution >= 4 is 11.0 Å². The van der Waals surface area contributed by atoms with E-state index >= 15 is 0 Å². The number of aromatic nitrogens is 2. The van der Waals surface area contributed by atoms with Gasteiger partial charge in [-0.15, -0.1) is 0 Å². The van der Waals surface area contributed by atoms with Crippen LogP contribution in [-0.2, 0) is 6.54 Å². The van der Waals surface area contributed by atoms with Crippen LogP contribution in [-0.4, -0.2) is 9.55 Å². The lowest BCUT2D eigenvalue weighted by Crippen LogP contribution is -1.91. The highest BCUT2D eigenvalue weighted by atomic mass is 15.0. The summed E-state index contributed by atoms with van der Waals surface area (Å²) in [5.74, 6) is 0. The van der Waals surface area contributed by atoms with Crippen LogP contribution in [0.5, 0.6) is 0 Å². The topological polar surface area (TPSA) is 41.6 Å². The van der Waals surface area contributed by atoms with E-state index < -0.39 is 0 Å². The molecule has 0 aliphatic rings. The molecule has 13 heavy (non-hydrogen) atoms. The van der Waals surface area contributed by atoms with Gasteiger partial charge in [0.1, 0.15) is 6.54 Å². The SMILES string of the molecule is Cc1ccc2c(c1)ncn2CC#N. The Balaban J connectivity index is 2.63. The second-order valence-corrected chi connectivity index (χ2v) is 3.02. The van der Waals surface area contributed by atoms with Crippen molar-refractivity contribution in [2.45, 2.75) is 13.5 Å². The minimum atomic E-state index is 0.361. The average Bonchev–Trinajstić information content (AvgIpc) is 2.49. The Bertz CT molecular complexity index is 476. The molecule has 2 rings (SSSR count). The van der Waals surface area contributed by atoms with Gasteiger partial charge in [0, 0.05) is 0 Å². The number of aryl methyl sites for hydroxylation is 1. The molecule has 2 aromatic rings. The van der Waals surface area contributed by atoms with E-state index in [0.29, 0.717) is 6.54 Å². The zero-order valence-electron chi connectivity index (χ0n) is 7.36. The van der Waals surface area contributed by atoms with E-state index in [9.17, 15) is 0 Å². The van der Waals surface area contributed by atoms with E-state index in [1.165, 1.54) is 5.56 Å². The molecule has 0 spiro atoms. The van der Waals surface area contributed by atoms with Crippen LogP contribution in [0.4, 0.5) is 0 Å². The number of nitrogens with zero attached hydrogens (tertiary/aromatic N) is 3. The fourth-order valence-corrected chi connectivity index (χ4v) is 1.38. The molecule has 0 fully saturated rings. The number of fused-ring (bicyclic) bond motifs is 1. The molecule has 1 aromatic carbocycles. The van der Waals surface area contributed by atoms with Crippen molar-refractivity contribution in [3.63, 3.8) is 0 Å². The zero-order valence-corrected chi connectivity index (χ0v) is 7.36. The molecular formula is C10H9N3. The Kier molecular flexibility index (Phi) is 1.75. The van der Waals surface area contributed by atoms with Crippen molar-refractivity contribution in [2.24, 2.45) is 0 Å². The van der Waals surface area contributed by atoms with E-state index in [1.54, 1.807) is 6.33 Å². The summed E-state index contributed by atoms with van der Waals surface area (Å²) in [6.07, 6.45) is 1.70. The summed E-state index contributed by atoms with van der Waals surface area (Å²) in [6.45, 7) is 2.39. The van der Waals surface area contributed by atoms with Gasteiger partial charge in [-0.2, -0.15) is 5.26 Å². The molecule has 0 atom stereocenters. The van der Waals surface area contributed by atoms with Gasteiger partial charge >= 0.3 is 0 Å². The van der Waals surface area contributed by atoms with Crippen molar-refractivity contribution in [3.05, 3.63) is 30.1 Å². The highest BCUT2D eigenvalue weighted by molar-refractivity contribution is 5.76. The van der Waals surface area contributed by atoms with Crippen LogP contribution in [0.25, 0.3) is 11.0 Å². The highest BCUT2D eigenvalue weighted by Gasteiger charge is 2.00. The fraction of sp³-hybridized carbons (Fsp3) is 0.200. The maximum absolute atomic E-state index is 8.55. The van der Waals surface area contributed by atoms with Gasteiger partial charge in [-0.05, 0) is 24.6 Å². The van der Waals surface area contributed by atoms with Crippen molar-refractivity contribution in [1.82, 2.24) is 9.55 Å². The normalized spacial score (nSPS) is 10.2. The van der Waals surface area contributed by atoms with Crippen LogP contribution in [0.2, 0.25) is 0 Å². The first-order valence-electron chi connectivity index (χ1n) is 4.10. The van der Waals surface area contributed by atoms with Crippen LogP contribution in [0.15, 0.2) is 24.5 Å². The van der Waals surface area contributed by atoms with Gasteiger partial charge in [-0.1, -0.05) is 6.07 Å². The largest absolute Gasteiger partial charge is 0.317 e. The zero-order chi connectivity index (χ0) is 9.26. The van der Waals surface area contributed by atoms with Crippen LogP contribution < -0.4 is 0 Å². The van der Waals surface area contributed by atoms with E-state index in [-0.39, 0.29) is 0 Å². The summed E-state index contributed by atoms with van der Waals surface area (Å²) in [7, 11) is 0. The number of benzene rings is 1. The standard InChI is InChI=1S/C10H9N3/c1-8-2-3-10-9(6-8)12-7-13(10)5-4-11/h2-3,6-7H,5H2,1H3. The van der Waals surface area contributed by atoms with Gasteiger partial charge < -0.3 is 4.57 Å². The molecule has 0 radical (unpaired) electrons. The van der Waals surface area contributed by atoms with Gasteiger partial charge in [-0.3, -0.25) is 0 Å². The molecule has 0 unspecified atom stereocenters. The summed E-state index contributed by atoms with van der Waals surface area (Å²) in [4.78, 5) is 4.21. The number of nitriles is 1. The molecule has 3 nitrogen and oxygen atoms in total. The molecule has 0 bridgehead atoms. The molecule has 0 saturated heterocycles. The molecule has 0 N–H and O–H groups in total. The third-order valence-corrected chi connectivity index (χ3v) is 2.02. The van der Waals surface area contributed by atoms with E-state index in [4.69, 9.17) is 5.26 Å². The second kappa shape index (κ2) is 2.91. The summed E-state index contributed by atoms with van der Waals surface area (Å²) in [5, 5.41) is 8.55. The number of rotatable bonds is 1. The first-order chi connectivity index (χ1) is 6.31.